The summed E-state index contributed by atoms with van der Waals surface area (Å²) >= 11 is 1.64. The van der Waals surface area contributed by atoms with Gasteiger partial charge in [-0.1, -0.05) is 18.2 Å². The number of hydrogen-bond donors (Lipinski definition) is 2. The maximum Gasteiger partial charge on any atom is 0.319 e. The molecule has 0 bridgehead atoms. The van der Waals surface area contributed by atoms with Crippen LogP contribution in [0.2, 0.25) is 0 Å². The maximum atomic E-state index is 12.0. The van der Waals surface area contributed by atoms with E-state index in [1.807, 2.05) is 56.5 Å². The average Bonchev–Trinajstić information content (AvgIpc) is 2.88. The fourth-order valence-corrected chi connectivity index (χ4v) is 2.58. The van der Waals surface area contributed by atoms with E-state index in [4.69, 9.17) is 0 Å². The van der Waals surface area contributed by atoms with Crippen molar-refractivity contribution < 1.29 is 4.79 Å². The van der Waals surface area contributed by atoms with Gasteiger partial charge in [0.1, 0.15) is 0 Å². The zero-order valence-electron chi connectivity index (χ0n) is 11.4. The number of carbonyl (C=O) groups excluding carboxylic acids is 1. The second kappa shape index (κ2) is 5.89. The third-order valence-electron chi connectivity index (χ3n) is 3.17. The molecule has 100 valence electrons. The van der Waals surface area contributed by atoms with Gasteiger partial charge in [0.2, 0.25) is 0 Å². The molecule has 0 aliphatic rings. The number of rotatable bonds is 3. The SMILES string of the molecule is Cc1cccc(NC(=O)NC(C)c2cccs2)c1C. The van der Waals surface area contributed by atoms with Crippen LogP contribution in [0.1, 0.15) is 29.0 Å². The molecule has 0 spiro atoms. The predicted molar refractivity (Wildman–Crippen MR) is 80.8 cm³/mol. The molecule has 19 heavy (non-hydrogen) atoms. The van der Waals surface area contributed by atoms with E-state index in [-0.39, 0.29) is 12.1 Å². The topological polar surface area (TPSA) is 41.1 Å². The molecule has 0 radical (unpaired) electrons. The van der Waals surface area contributed by atoms with Crippen molar-refractivity contribution in [1.29, 1.82) is 0 Å². The summed E-state index contributed by atoms with van der Waals surface area (Å²) in [4.78, 5) is 13.1. The highest BCUT2D eigenvalue weighted by Crippen LogP contribution is 2.20. The van der Waals surface area contributed by atoms with Crippen molar-refractivity contribution >= 4 is 23.1 Å². The van der Waals surface area contributed by atoms with Gasteiger partial charge >= 0.3 is 6.03 Å². The van der Waals surface area contributed by atoms with Crippen molar-refractivity contribution in [2.75, 3.05) is 5.32 Å². The number of amides is 2. The predicted octanol–water partition coefficient (Wildman–Crippen LogP) is 4.25. The number of benzene rings is 1. The first kappa shape index (κ1) is 13.6. The molecule has 2 amide bonds. The molecule has 0 saturated carbocycles. The van der Waals surface area contributed by atoms with Gasteiger partial charge in [-0.25, -0.2) is 4.79 Å². The summed E-state index contributed by atoms with van der Waals surface area (Å²) in [5.74, 6) is 0. The van der Waals surface area contributed by atoms with E-state index in [9.17, 15) is 4.79 Å². The van der Waals surface area contributed by atoms with Gasteiger partial charge < -0.3 is 10.6 Å². The Bertz CT molecular complexity index is 564. The summed E-state index contributed by atoms with van der Waals surface area (Å²) < 4.78 is 0. The molecular weight excluding hydrogens is 256 g/mol. The minimum atomic E-state index is -0.172. The van der Waals surface area contributed by atoms with Gasteiger partial charge in [0.25, 0.3) is 0 Å². The Labute approximate surface area is 117 Å². The van der Waals surface area contributed by atoms with Crippen LogP contribution in [0, 0.1) is 13.8 Å². The molecule has 2 rings (SSSR count). The van der Waals surface area contributed by atoms with Crippen LogP contribution in [-0.4, -0.2) is 6.03 Å². The Morgan fingerprint density at radius 3 is 2.68 bits per heavy atom. The van der Waals surface area contributed by atoms with Crippen molar-refractivity contribution in [2.45, 2.75) is 26.8 Å². The zero-order valence-corrected chi connectivity index (χ0v) is 12.2. The smallest absolute Gasteiger partial charge is 0.319 e. The Morgan fingerprint density at radius 2 is 2.00 bits per heavy atom. The van der Waals surface area contributed by atoms with Crippen LogP contribution >= 0.6 is 11.3 Å². The minimum absolute atomic E-state index is 0.0186. The summed E-state index contributed by atoms with van der Waals surface area (Å²) in [6, 6.07) is 9.75. The van der Waals surface area contributed by atoms with Crippen LogP contribution in [0.25, 0.3) is 0 Å². The quantitative estimate of drug-likeness (QED) is 0.863. The molecular formula is C15H18N2OS. The number of hydrogen-bond acceptors (Lipinski definition) is 2. The number of thiophene rings is 1. The molecule has 0 aliphatic carbocycles. The van der Waals surface area contributed by atoms with Crippen LogP contribution in [0.3, 0.4) is 0 Å². The van der Waals surface area contributed by atoms with Gasteiger partial charge in [-0.05, 0) is 49.4 Å². The molecule has 2 aromatic rings. The van der Waals surface area contributed by atoms with E-state index in [0.29, 0.717) is 0 Å². The second-order valence-electron chi connectivity index (χ2n) is 4.58. The molecule has 1 heterocycles. The average molecular weight is 274 g/mol. The van der Waals surface area contributed by atoms with Crippen LogP contribution in [0.4, 0.5) is 10.5 Å². The summed E-state index contributed by atoms with van der Waals surface area (Å²) in [6.07, 6.45) is 0. The molecule has 1 unspecified atom stereocenters. The highest BCUT2D eigenvalue weighted by atomic mass is 32.1. The summed E-state index contributed by atoms with van der Waals surface area (Å²) in [6.45, 7) is 6.02. The molecule has 1 atom stereocenters. The van der Waals surface area contributed by atoms with Gasteiger partial charge in [-0.2, -0.15) is 0 Å². The van der Waals surface area contributed by atoms with Crippen molar-refractivity contribution in [1.82, 2.24) is 5.32 Å². The molecule has 0 saturated heterocycles. The Kier molecular flexibility index (Phi) is 4.22. The number of aryl methyl sites for hydroxylation is 1. The molecule has 0 aliphatic heterocycles. The third kappa shape index (κ3) is 3.35. The molecule has 1 aromatic carbocycles. The third-order valence-corrected chi connectivity index (χ3v) is 4.23. The lowest BCUT2D eigenvalue weighted by Gasteiger charge is -2.15. The van der Waals surface area contributed by atoms with Crippen LogP contribution in [-0.2, 0) is 0 Å². The first-order valence-electron chi connectivity index (χ1n) is 6.25. The Balaban J connectivity index is 2.00. The molecule has 0 fully saturated rings. The summed E-state index contributed by atoms with van der Waals surface area (Å²) in [7, 11) is 0. The fourth-order valence-electron chi connectivity index (χ4n) is 1.85. The highest BCUT2D eigenvalue weighted by molar-refractivity contribution is 7.10. The van der Waals surface area contributed by atoms with E-state index >= 15 is 0 Å². The number of anilines is 1. The molecule has 1 aromatic heterocycles. The standard InChI is InChI=1S/C15H18N2OS/c1-10-6-4-7-13(11(10)2)17-15(18)16-12(3)14-8-5-9-19-14/h4-9,12H,1-3H3,(H2,16,17,18). The Hall–Kier alpha value is -1.81. The molecule has 4 heteroatoms. The lowest BCUT2D eigenvalue weighted by Crippen LogP contribution is -2.31. The van der Waals surface area contributed by atoms with E-state index in [1.54, 1.807) is 11.3 Å². The van der Waals surface area contributed by atoms with Crippen LogP contribution < -0.4 is 10.6 Å². The first-order valence-corrected chi connectivity index (χ1v) is 7.13. The normalized spacial score (nSPS) is 11.9. The van der Waals surface area contributed by atoms with E-state index in [0.717, 1.165) is 16.1 Å². The fraction of sp³-hybridized carbons (Fsp3) is 0.267. The van der Waals surface area contributed by atoms with Gasteiger partial charge in [-0.3, -0.25) is 0 Å². The van der Waals surface area contributed by atoms with Gasteiger partial charge in [0.15, 0.2) is 0 Å². The largest absolute Gasteiger partial charge is 0.331 e. The molecule has 3 nitrogen and oxygen atoms in total. The van der Waals surface area contributed by atoms with E-state index in [1.165, 1.54) is 5.56 Å². The Morgan fingerprint density at radius 1 is 1.21 bits per heavy atom. The highest BCUT2D eigenvalue weighted by Gasteiger charge is 2.11. The van der Waals surface area contributed by atoms with Gasteiger partial charge in [0.05, 0.1) is 6.04 Å². The summed E-state index contributed by atoms with van der Waals surface area (Å²) in [5.41, 5.74) is 3.13. The number of nitrogens with one attached hydrogen (secondary N) is 2. The van der Waals surface area contributed by atoms with Crippen molar-refractivity contribution in [2.24, 2.45) is 0 Å². The van der Waals surface area contributed by atoms with E-state index in [2.05, 4.69) is 10.6 Å². The maximum absolute atomic E-state index is 12.0. The first-order chi connectivity index (χ1) is 9.08. The molecule has 2 N–H and O–H groups in total. The van der Waals surface area contributed by atoms with Crippen LogP contribution in [0.5, 0.6) is 0 Å². The lowest BCUT2D eigenvalue weighted by atomic mass is 10.1. The zero-order chi connectivity index (χ0) is 13.8. The van der Waals surface area contributed by atoms with Crippen molar-refractivity contribution in [3.63, 3.8) is 0 Å². The second-order valence-corrected chi connectivity index (χ2v) is 5.56. The van der Waals surface area contributed by atoms with Crippen molar-refractivity contribution in [3.8, 4) is 0 Å². The van der Waals surface area contributed by atoms with Crippen LogP contribution in [0.15, 0.2) is 35.7 Å². The monoisotopic (exact) mass is 274 g/mol. The number of urea groups is 1. The van der Waals surface area contributed by atoms with E-state index < -0.39 is 0 Å². The van der Waals surface area contributed by atoms with Gasteiger partial charge in [0, 0.05) is 10.6 Å². The minimum Gasteiger partial charge on any atom is -0.331 e. The van der Waals surface area contributed by atoms with Crippen molar-refractivity contribution in [3.05, 3.63) is 51.7 Å². The van der Waals surface area contributed by atoms with Gasteiger partial charge in [-0.15, -0.1) is 11.3 Å². The lowest BCUT2D eigenvalue weighted by molar-refractivity contribution is 0.249. The summed E-state index contributed by atoms with van der Waals surface area (Å²) in [5, 5.41) is 7.85. The number of carbonyl (C=O) groups is 1.